The van der Waals surface area contributed by atoms with Crippen LogP contribution in [0.1, 0.15) is 0 Å². The fourth-order valence-electron chi connectivity index (χ4n) is 2.14. The molecule has 0 spiro atoms. The van der Waals surface area contributed by atoms with Gasteiger partial charge in [0.1, 0.15) is 18.5 Å². The van der Waals surface area contributed by atoms with Crippen LogP contribution in [0.5, 0.6) is 5.75 Å². The Hall–Kier alpha value is -1.46. The average Bonchev–Trinajstić information content (AvgIpc) is 2.54. The van der Waals surface area contributed by atoms with Crippen molar-refractivity contribution >= 4 is 29.7 Å². The highest BCUT2D eigenvalue weighted by molar-refractivity contribution is 6.32. The number of halogens is 2. The first-order valence-corrected chi connectivity index (χ1v) is 7.54. The molecule has 0 aromatic heterocycles. The van der Waals surface area contributed by atoms with Gasteiger partial charge in [-0.25, -0.2) is 0 Å². The standard InChI is InChI=1S/C17H20ClNO3.ClH/c18-16-8-4-5-9-17(16)22-13-15(21)12-19(10-11-20)14-6-2-1-3-7-14;/h1-9,15,20-21H,10-13H2;1H. The van der Waals surface area contributed by atoms with E-state index < -0.39 is 6.10 Å². The van der Waals surface area contributed by atoms with Crippen LogP contribution in [0.25, 0.3) is 0 Å². The number of aliphatic hydroxyl groups is 2. The van der Waals surface area contributed by atoms with Crippen molar-refractivity contribution in [3.8, 4) is 5.75 Å². The number of nitrogens with zero attached hydrogens (tertiary/aromatic N) is 1. The number of rotatable bonds is 8. The van der Waals surface area contributed by atoms with Crippen LogP contribution >= 0.6 is 24.0 Å². The summed E-state index contributed by atoms with van der Waals surface area (Å²) in [5.74, 6) is 0.552. The van der Waals surface area contributed by atoms with Crippen LogP contribution < -0.4 is 9.64 Å². The number of aliphatic hydroxyl groups excluding tert-OH is 2. The molecular formula is C17H21Cl2NO3. The summed E-state index contributed by atoms with van der Waals surface area (Å²) in [6.07, 6.45) is -0.692. The molecule has 0 fully saturated rings. The molecule has 2 N–H and O–H groups in total. The van der Waals surface area contributed by atoms with Crippen molar-refractivity contribution in [1.82, 2.24) is 0 Å². The highest BCUT2D eigenvalue weighted by Crippen LogP contribution is 2.23. The maximum Gasteiger partial charge on any atom is 0.138 e. The van der Waals surface area contributed by atoms with Gasteiger partial charge >= 0.3 is 0 Å². The van der Waals surface area contributed by atoms with Gasteiger partial charge in [0.05, 0.1) is 11.6 Å². The lowest BCUT2D eigenvalue weighted by Gasteiger charge is -2.26. The second kappa shape index (κ2) is 10.3. The largest absolute Gasteiger partial charge is 0.489 e. The number of hydrogen-bond acceptors (Lipinski definition) is 4. The van der Waals surface area contributed by atoms with Gasteiger partial charge in [0.25, 0.3) is 0 Å². The highest BCUT2D eigenvalue weighted by Gasteiger charge is 2.13. The quantitative estimate of drug-likeness (QED) is 0.762. The van der Waals surface area contributed by atoms with Crippen molar-refractivity contribution in [2.75, 3.05) is 31.2 Å². The van der Waals surface area contributed by atoms with Crippen LogP contribution in [0.2, 0.25) is 5.02 Å². The minimum absolute atomic E-state index is 0. The lowest BCUT2D eigenvalue weighted by atomic mass is 10.2. The lowest BCUT2D eigenvalue weighted by Crippen LogP contribution is -2.37. The van der Waals surface area contributed by atoms with Gasteiger partial charge in [-0.15, -0.1) is 12.4 Å². The Morgan fingerprint density at radius 3 is 2.35 bits per heavy atom. The summed E-state index contributed by atoms with van der Waals surface area (Å²) in [7, 11) is 0. The molecule has 4 nitrogen and oxygen atoms in total. The fraction of sp³-hybridized carbons (Fsp3) is 0.294. The summed E-state index contributed by atoms with van der Waals surface area (Å²) in [5, 5.41) is 19.9. The maximum atomic E-state index is 10.2. The molecule has 0 aliphatic heterocycles. The molecule has 2 rings (SSSR count). The molecule has 126 valence electrons. The van der Waals surface area contributed by atoms with Gasteiger partial charge in [-0.05, 0) is 24.3 Å². The molecule has 0 aliphatic carbocycles. The van der Waals surface area contributed by atoms with Gasteiger partial charge in [-0.2, -0.15) is 0 Å². The van der Waals surface area contributed by atoms with E-state index in [0.717, 1.165) is 5.69 Å². The Kier molecular flexibility index (Phi) is 8.81. The van der Waals surface area contributed by atoms with Crippen LogP contribution in [0, 0.1) is 0 Å². The molecule has 0 radical (unpaired) electrons. The molecule has 1 unspecified atom stereocenters. The molecular weight excluding hydrogens is 337 g/mol. The molecule has 0 heterocycles. The van der Waals surface area contributed by atoms with Crippen molar-refractivity contribution in [3.05, 3.63) is 59.6 Å². The molecule has 23 heavy (non-hydrogen) atoms. The smallest absolute Gasteiger partial charge is 0.138 e. The third-order valence-electron chi connectivity index (χ3n) is 3.19. The zero-order valence-electron chi connectivity index (χ0n) is 12.6. The third-order valence-corrected chi connectivity index (χ3v) is 3.50. The van der Waals surface area contributed by atoms with Gasteiger partial charge in [-0.3, -0.25) is 0 Å². The van der Waals surface area contributed by atoms with Gasteiger partial charge in [0.2, 0.25) is 0 Å². The van der Waals surface area contributed by atoms with E-state index in [2.05, 4.69) is 0 Å². The minimum Gasteiger partial charge on any atom is -0.489 e. The van der Waals surface area contributed by atoms with E-state index in [1.54, 1.807) is 12.1 Å². The number of anilines is 1. The van der Waals surface area contributed by atoms with Crippen LogP contribution in [-0.4, -0.2) is 42.6 Å². The highest BCUT2D eigenvalue weighted by atomic mass is 35.5. The zero-order valence-corrected chi connectivity index (χ0v) is 14.2. The SMILES string of the molecule is Cl.OCCN(CC(O)COc1ccccc1Cl)c1ccccc1. The first-order valence-electron chi connectivity index (χ1n) is 7.17. The molecule has 0 amide bonds. The molecule has 0 bridgehead atoms. The van der Waals surface area contributed by atoms with Crippen molar-refractivity contribution in [3.63, 3.8) is 0 Å². The van der Waals surface area contributed by atoms with Crippen molar-refractivity contribution in [2.45, 2.75) is 6.10 Å². The maximum absolute atomic E-state index is 10.2. The van der Waals surface area contributed by atoms with E-state index >= 15 is 0 Å². The van der Waals surface area contributed by atoms with Gasteiger partial charge in [0.15, 0.2) is 0 Å². The Balaban J connectivity index is 0.00000264. The molecule has 2 aromatic rings. The zero-order chi connectivity index (χ0) is 15.8. The van der Waals surface area contributed by atoms with Gasteiger partial charge < -0.3 is 19.8 Å². The van der Waals surface area contributed by atoms with E-state index in [1.165, 1.54) is 0 Å². The average molecular weight is 358 g/mol. The summed E-state index contributed by atoms with van der Waals surface area (Å²) in [4.78, 5) is 1.92. The first-order chi connectivity index (χ1) is 10.7. The number of benzene rings is 2. The molecule has 6 heteroatoms. The Morgan fingerprint density at radius 1 is 1.04 bits per heavy atom. The monoisotopic (exact) mass is 357 g/mol. The number of ether oxygens (including phenoxy) is 1. The Morgan fingerprint density at radius 2 is 1.70 bits per heavy atom. The normalized spacial score (nSPS) is 11.4. The van der Waals surface area contributed by atoms with Gasteiger partial charge in [-0.1, -0.05) is 41.9 Å². The van der Waals surface area contributed by atoms with Crippen molar-refractivity contribution in [2.24, 2.45) is 0 Å². The summed E-state index contributed by atoms with van der Waals surface area (Å²) >= 11 is 6.01. The predicted octanol–water partition coefficient (Wildman–Crippen LogP) is 3.00. The third kappa shape index (κ3) is 6.28. The van der Waals surface area contributed by atoms with Crippen LogP contribution in [-0.2, 0) is 0 Å². The van der Waals surface area contributed by atoms with Crippen LogP contribution in [0.15, 0.2) is 54.6 Å². The first kappa shape index (κ1) is 19.6. The Bertz CT molecular complexity index is 569. The van der Waals surface area contributed by atoms with Crippen molar-refractivity contribution in [1.29, 1.82) is 0 Å². The van der Waals surface area contributed by atoms with Crippen molar-refractivity contribution < 1.29 is 14.9 Å². The van der Waals surface area contributed by atoms with E-state index in [9.17, 15) is 10.2 Å². The summed E-state index contributed by atoms with van der Waals surface area (Å²) in [5.41, 5.74) is 0.952. The summed E-state index contributed by atoms with van der Waals surface area (Å²) in [6, 6.07) is 16.8. The molecule has 0 saturated heterocycles. The number of hydrogen-bond donors (Lipinski definition) is 2. The lowest BCUT2D eigenvalue weighted by molar-refractivity contribution is 0.111. The summed E-state index contributed by atoms with van der Waals surface area (Å²) in [6.45, 7) is 0.980. The van der Waals surface area contributed by atoms with Gasteiger partial charge in [0, 0.05) is 18.8 Å². The second-order valence-corrected chi connectivity index (χ2v) is 5.31. The molecule has 2 aromatic carbocycles. The topological polar surface area (TPSA) is 52.9 Å². The Labute approximate surface area is 147 Å². The molecule has 1 atom stereocenters. The molecule has 0 saturated carbocycles. The predicted molar refractivity (Wildman–Crippen MR) is 95.9 cm³/mol. The fourth-order valence-corrected chi connectivity index (χ4v) is 2.33. The van der Waals surface area contributed by atoms with E-state index in [1.807, 2.05) is 47.4 Å². The van der Waals surface area contributed by atoms with E-state index in [0.29, 0.717) is 23.9 Å². The number of para-hydroxylation sites is 2. The van der Waals surface area contributed by atoms with Crippen LogP contribution in [0.4, 0.5) is 5.69 Å². The summed E-state index contributed by atoms with van der Waals surface area (Å²) < 4.78 is 5.54. The second-order valence-electron chi connectivity index (χ2n) is 4.90. The van der Waals surface area contributed by atoms with E-state index in [-0.39, 0.29) is 25.6 Å². The van der Waals surface area contributed by atoms with Crippen LogP contribution in [0.3, 0.4) is 0 Å². The molecule has 0 aliphatic rings. The van der Waals surface area contributed by atoms with E-state index in [4.69, 9.17) is 16.3 Å². The minimum atomic E-state index is -0.692.